The van der Waals surface area contributed by atoms with Crippen LogP contribution in [0.15, 0.2) is 29.2 Å². The fourth-order valence-electron chi connectivity index (χ4n) is 4.70. The van der Waals surface area contributed by atoms with E-state index in [1.54, 1.807) is 16.7 Å². The van der Waals surface area contributed by atoms with Crippen molar-refractivity contribution in [3.05, 3.63) is 24.3 Å². The first-order valence-electron chi connectivity index (χ1n) is 10.6. The van der Waals surface area contributed by atoms with E-state index in [9.17, 15) is 14.4 Å². The maximum atomic E-state index is 13.2. The van der Waals surface area contributed by atoms with E-state index in [1.165, 1.54) is 0 Å². The largest absolute Gasteiger partial charge is 0.325 e. The van der Waals surface area contributed by atoms with Gasteiger partial charge in [-0.2, -0.15) is 0 Å². The van der Waals surface area contributed by atoms with Gasteiger partial charge in [0.15, 0.2) is 0 Å². The fourth-order valence-corrected chi connectivity index (χ4v) is 5.82. The van der Waals surface area contributed by atoms with Crippen LogP contribution in [0.4, 0.5) is 10.5 Å². The smallest absolute Gasteiger partial charge is 0.323 e. The number of nitrogens with one attached hydrogen (secondary N) is 1. The highest BCUT2D eigenvalue weighted by atomic mass is 32.2. The molecule has 1 atom stereocenters. The van der Waals surface area contributed by atoms with Crippen LogP contribution >= 0.6 is 11.8 Å². The molecule has 0 aromatic heterocycles. The first kappa shape index (κ1) is 20.3. The van der Waals surface area contributed by atoms with Crippen molar-refractivity contribution >= 4 is 35.3 Å². The maximum absolute atomic E-state index is 13.2. The number of thioether (sulfide) groups is 1. The molecule has 1 aromatic carbocycles. The molecule has 1 spiro atoms. The lowest BCUT2D eigenvalue weighted by Gasteiger charge is -2.34. The van der Waals surface area contributed by atoms with Gasteiger partial charge in [0.1, 0.15) is 12.1 Å². The number of urea groups is 1. The summed E-state index contributed by atoms with van der Waals surface area (Å²) >= 11 is 1.76. The highest BCUT2D eigenvalue weighted by Crippen LogP contribution is 2.39. The number of fused-ring (bicyclic) bond motifs is 1. The van der Waals surface area contributed by atoms with Crippen molar-refractivity contribution in [2.24, 2.45) is 5.92 Å². The van der Waals surface area contributed by atoms with E-state index >= 15 is 0 Å². The number of anilines is 1. The molecule has 0 bridgehead atoms. The van der Waals surface area contributed by atoms with Gasteiger partial charge in [-0.1, -0.05) is 32.4 Å². The van der Waals surface area contributed by atoms with Crippen LogP contribution in [0, 0.1) is 5.92 Å². The third-order valence-electron chi connectivity index (χ3n) is 6.62. The molecule has 1 N–H and O–H groups in total. The first-order valence-corrected chi connectivity index (χ1v) is 11.5. The molecule has 7 heteroatoms. The molecule has 156 valence electrons. The number of hydrogen-bond donors (Lipinski definition) is 1. The second kappa shape index (κ2) is 8.01. The maximum Gasteiger partial charge on any atom is 0.325 e. The van der Waals surface area contributed by atoms with Crippen LogP contribution in [0.25, 0.3) is 0 Å². The van der Waals surface area contributed by atoms with Gasteiger partial charge in [0, 0.05) is 16.7 Å². The van der Waals surface area contributed by atoms with Crippen molar-refractivity contribution in [2.45, 2.75) is 68.1 Å². The molecular weight excluding hydrogens is 386 g/mol. The van der Waals surface area contributed by atoms with Crippen LogP contribution in [0.1, 0.15) is 52.4 Å². The Morgan fingerprint density at radius 1 is 1.21 bits per heavy atom. The minimum Gasteiger partial charge on any atom is -0.323 e. The fraction of sp³-hybridized carbons (Fsp3) is 0.591. The van der Waals surface area contributed by atoms with Gasteiger partial charge in [-0.3, -0.25) is 14.5 Å². The van der Waals surface area contributed by atoms with Gasteiger partial charge in [-0.15, -0.1) is 11.8 Å². The topological polar surface area (TPSA) is 69.7 Å². The summed E-state index contributed by atoms with van der Waals surface area (Å²) in [5.41, 5.74) is 0.0708. The first-order chi connectivity index (χ1) is 13.9. The lowest BCUT2D eigenvalue weighted by atomic mass is 9.75. The highest BCUT2D eigenvalue weighted by Gasteiger charge is 2.52. The Morgan fingerprint density at radius 3 is 2.66 bits per heavy atom. The lowest BCUT2D eigenvalue weighted by molar-refractivity contribution is -0.135. The van der Waals surface area contributed by atoms with E-state index in [-0.39, 0.29) is 18.4 Å². The normalized spacial score (nSPS) is 29.6. The monoisotopic (exact) mass is 415 g/mol. The van der Waals surface area contributed by atoms with Crippen LogP contribution in [0.5, 0.6) is 0 Å². The molecule has 1 aromatic rings. The summed E-state index contributed by atoms with van der Waals surface area (Å²) in [4.78, 5) is 42.9. The molecule has 1 aliphatic carbocycles. The number of carbonyl (C=O) groups is 3. The van der Waals surface area contributed by atoms with Crippen LogP contribution in [-0.4, -0.2) is 46.6 Å². The van der Waals surface area contributed by atoms with Gasteiger partial charge in [-0.05, 0) is 50.2 Å². The second-order valence-corrected chi connectivity index (χ2v) is 9.97. The van der Waals surface area contributed by atoms with E-state index in [4.69, 9.17) is 0 Å². The number of nitrogens with zero attached hydrogens (tertiary/aromatic N) is 2. The summed E-state index contributed by atoms with van der Waals surface area (Å²) < 4.78 is 0. The second-order valence-electron chi connectivity index (χ2n) is 8.49. The van der Waals surface area contributed by atoms with Gasteiger partial charge in [0.25, 0.3) is 5.91 Å². The predicted molar refractivity (Wildman–Crippen MR) is 114 cm³/mol. The Kier molecular flexibility index (Phi) is 5.60. The zero-order valence-corrected chi connectivity index (χ0v) is 18.0. The van der Waals surface area contributed by atoms with Gasteiger partial charge in [-0.25, -0.2) is 4.79 Å². The molecule has 1 unspecified atom stereocenters. The quantitative estimate of drug-likeness (QED) is 0.763. The van der Waals surface area contributed by atoms with Crippen LogP contribution in [0.3, 0.4) is 0 Å². The molecular formula is C22H29N3O3S. The van der Waals surface area contributed by atoms with Crippen LogP contribution in [0.2, 0.25) is 0 Å². The zero-order valence-electron chi connectivity index (χ0n) is 17.1. The third-order valence-corrected chi connectivity index (χ3v) is 7.86. The Morgan fingerprint density at radius 2 is 1.93 bits per heavy atom. The molecule has 3 aliphatic rings. The molecule has 6 nitrogen and oxygen atoms in total. The van der Waals surface area contributed by atoms with Gasteiger partial charge in [0.2, 0.25) is 5.91 Å². The van der Waals surface area contributed by atoms with E-state index in [2.05, 4.69) is 19.2 Å². The van der Waals surface area contributed by atoms with Crippen molar-refractivity contribution in [1.29, 1.82) is 0 Å². The van der Waals surface area contributed by atoms with E-state index < -0.39 is 11.6 Å². The number of imide groups is 1. The van der Waals surface area contributed by atoms with E-state index in [1.807, 2.05) is 24.3 Å². The zero-order chi connectivity index (χ0) is 20.6. The third kappa shape index (κ3) is 3.77. The summed E-state index contributed by atoms with van der Waals surface area (Å²) in [5, 5.41) is 3.33. The van der Waals surface area contributed by atoms with Crippen molar-refractivity contribution in [1.82, 2.24) is 10.2 Å². The predicted octanol–water partition coefficient (Wildman–Crippen LogP) is 3.79. The molecule has 29 heavy (non-hydrogen) atoms. The van der Waals surface area contributed by atoms with Crippen LogP contribution < -0.4 is 10.2 Å². The van der Waals surface area contributed by atoms with E-state index in [0.29, 0.717) is 30.6 Å². The molecule has 2 fully saturated rings. The number of carbonyl (C=O) groups excluding carboxylic acids is 3. The van der Waals surface area contributed by atoms with E-state index in [0.717, 1.165) is 41.2 Å². The standard InChI is InChI=1S/C22H29N3O3S/c1-3-16-8-11-22(12-9-16)20(27)25(21(28)23-22)14-19(26)24-13-10-15(2)29-18-7-5-4-6-17(18)24/h4-7,15-16H,3,8-14H2,1-2H3,(H,23,28). The molecule has 2 heterocycles. The minimum atomic E-state index is -0.801. The summed E-state index contributed by atoms with van der Waals surface area (Å²) in [6.45, 7) is 4.72. The Hall–Kier alpha value is -2.02. The number of rotatable bonds is 3. The summed E-state index contributed by atoms with van der Waals surface area (Å²) in [7, 11) is 0. The van der Waals surface area contributed by atoms with Gasteiger partial charge < -0.3 is 10.2 Å². The molecule has 1 saturated heterocycles. The minimum absolute atomic E-state index is 0.197. The van der Waals surface area contributed by atoms with Gasteiger partial charge >= 0.3 is 6.03 Å². The van der Waals surface area contributed by atoms with Crippen molar-refractivity contribution < 1.29 is 14.4 Å². The van der Waals surface area contributed by atoms with Crippen molar-refractivity contribution in [3.8, 4) is 0 Å². The molecule has 1 saturated carbocycles. The molecule has 4 rings (SSSR count). The van der Waals surface area contributed by atoms with Crippen molar-refractivity contribution in [3.63, 3.8) is 0 Å². The summed E-state index contributed by atoms with van der Waals surface area (Å²) in [6, 6.07) is 7.43. The molecule has 0 radical (unpaired) electrons. The van der Waals surface area contributed by atoms with Crippen molar-refractivity contribution in [2.75, 3.05) is 18.0 Å². The Balaban J connectivity index is 1.50. The Bertz CT molecular complexity index is 819. The SMILES string of the molecule is CCC1CCC2(CC1)NC(=O)N(CC(=O)N1CCC(C)Sc3ccccc31)C2=O. The van der Waals surface area contributed by atoms with Gasteiger partial charge in [0.05, 0.1) is 5.69 Å². The molecule has 2 aliphatic heterocycles. The number of hydrogen-bond acceptors (Lipinski definition) is 4. The number of para-hydroxylation sites is 1. The lowest BCUT2D eigenvalue weighted by Crippen LogP contribution is -2.50. The molecule has 4 amide bonds. The van der Waals surface area contributed by atoms with Crippen LogP contribution in [-0.2, 0) is 9.59 Å². The average Bonchev–Trinajstić information content (AvgIpc) is 2.85. The number of amides is 4. The highest BCUT2D eigenvalue weighted by molar-refractivity contribution is 8.00. The summed E-state index contributed by atoms with van der Waals surface area (Å²) in [6.07, 6.45) is 5.19. The Labute approximate surface area is 176 Å². The summed E-state index contributed by atoms with van der Waals surface area (Å²) in [5.74, 6) is 0.195. The number of benzene rings is 1. The average molecular weight is 416 g/mol.